The minimum Gasteiger partial charge on any atom is -0.394 e. The van der Waals surface area contributed by atoms with Crippen LogP contribution in [0.1, 0.15) is 43.3 Å². The van der Waals surface area contributed by atoms with Crippen molar-refractivity contribution in [3.8, 4) is 11.3 Å². The third-order valence-corrected chi connectivity index (χ3v) is 8.36. The Morgan fingerprint density at radius 1 is 1.07 bits per heavy atom. The molecule has 5 atom stereocenters. The van der Waals surface area contributed by atoms with Crippen LogP contribution in [0.15, 0.2) is 24.5 Å². The Morgan fingerprint density at radius 3 is 2.44 bits per heavy atom. The summed E-state index contributed by atoms with van der Waals surface area (Å²) in [6.45, 7) is 0.921. The first-order valence-corrected chi connectivity index (χ1v) is 14.2. The molecule has 4 heterocycles. The topological polar surface area (TPSA) is 153 Å². The van der Waals surface area contributed by atoms with Crippen molar-refractivity contribution >= 4 is 6.03 Å². The zero-order valence-corrected chi connectivity index (χ0v) is 23.4. The number of hydrogen-bond donors (Lipinski definition) is 3. The average Bonchev–Trinajstić information content (AvgIpc) is 3.47. The fraction of sp³-hybridized carbons (Fsp3) is 0.593. The van der Waals surface area contributed by atoms with E-state index in [1.54, 1.807) is 4.68 Å². The molecular formula is C27H33F3N8O5. The van der Waals surface area contributed by atoms with E-state index in [0.717, 1.165) is 43.5 Å². The van der Waals surface area contributed by atoms with Gasteiger partial charge in [0, 0.05) is 43.9 Å². The maximum absolute atomic E-state index is 13.8. The van der Waals surface area contributed by atoms with Gasteiger partial charge < -0.3 is 29.9 Å². The van der Waals surface area contributed by atoms with E-state index in [2.05, 4.69) is 25.9 Å². The van der Waals surface area contributed by atoms with Gasteiger partial charge in [0.05, 0.1) is 25.0 Å². The smallest absolute Gasteiger partial charge is 0.317 e. The van der Waals surface area contributed by atoms with Crippen molar-refractivity contribution in [3.63, 3.8) is 0 Å². The van der Waals surface area contributed by atoms with Crippen molar-refractivity contribution in [2.24, 2.45) is 0 Å². The molecule has 3 N–H and O–H groups in total. The number of benzene rings is 1. The Kier molecular flexibility index (Phi) is 8.35. The number of piperidine rings is 1. The summed E-state index contributed by atoms with van der Waals surface area (Å²) < 4.78 is 55.8. The molecule has 3 aliphatic rings. The number of amides is 2. The number of carbonyl (C=O) groups is 1. The van der Waals surface area contributed by atoms with Crippen LogP contribution in [0.3, 0.4) is 0 Å². The second kappa shape index (κ2) is 12.2. The van der Waals surface area contributed by atoms with Gasteiger partial charge in [-0.15, -0.1) is 10.2 Å². The monoisotopic (exact) mass is 606 g/mol. The molecular weight excluding hydrogens is 573 g/mol. The fourth-order valence-electron chi connectivity index (χ4n) is 5.82. The first kappa shape index (κ1) is 29.5. The Balaban J connectivity index is 1.16. The maximum Gasteiger partial charge on any atom is 0.317 e. The number of urea groups is 1. The number of methoxy groups -OCH3 is 1. The zero-order chi connectivity index (χ0) is 30.2. The van der Waals surface area contributed by atoms with Gasteiger partial charge in [0.2, 0.25) is 0 Å². The van der Waals surface area contributed by atoms with Crippen molar-refractivity contribution in [1.29, 1.82) is 0 Å². The highest BCUT2D eigenvalue weighted by molar-refractivity contribution is 5.75. The van der Waals surface area contributed by atoms with Crippen LogP contribution in [-0.2, 0) is 16.0 Å². The SMILES string of the molecule is CO[C@@H]1[C@@H](n2cc(-c3cc(F)c(F)c(F)c3)nn2)[C@@H](O)[C@@H](CO)O[C@@H]1Cn1cc(C2CCN(C(=O)NC3CC3)CC2)nn1. The van der Waals surface area contributed by atoms with Crippen LogP contribution in [0, 0.1) is 17.5 Å². The molecule has 2 aliphatic heterocycles. The maximum atomic E-state index is 13.8. The van der Waals surface area contributed by atoms with E-state index in [-0.39, 0.29) is 29.8 Å². The van der Waals surface area contributed by atoms with Gasteiger partial charge in [0.15, 0.2) is 17.5 Å². The van der Waals surface area contributed by atoms with Gasteiger partial charge in [-0.3, -0.25) is 0 Å². The van der Waals surface area contributed by atoms with Crippen molar-refractivity contribution < 1.29 is 37.7 Å². The molecule has 3 fully saturated rings. The number of likely N-dealkylation sites (tertiary alicyclic amines) is 1. The molecule has 2 aromatic heterocycles. The standard InChI is InChI=1S/C27H33F3N8O5/c1-42-26-21(12-37-10-19(32-34-37)14-4-6-36(7-5-14)27(41)31-16-2-3-16)43-22(13-39)25(40)24(26)38-11-20(33-35-38)15-8-17(28)23(30)18(29)9-15/h8-11,14,16,21-22,24-26,39-40H,2-7,12-13H2,1H3,(H,31,41)/t21-,22-,24+,25+,26+/m1/s1. The van der Waals surface area contributed by atoms with Gasteiger partial charge in [-0.05, 0) is 37.8 Å². The second-order valence-corrected chi connectivity index (χ2v) is 11.3. The molecule has 0 radical (unpaired) electrons. The van der Waals surface area contributed by atoms with E-state index in [1.165, 1.54) is 18.0 Å². The molecule has 6 rings (SSSR count). The summed E-state index contributed by atoms with van der Waals surface area (Å²) in [5, 5.41) is 40.7. The van der Waals surface area contributed by atoms with Crippen molar-refractivity contribution in [2.45, 2.75) is 74.6 Å². The molecule has 0 unspecified atom stereocenters. The normalized spacial score (nSPS) is 26.6. The summed E-state index contributed by atoms with van der Waals surface area (Å²) >= 11 is 0. The summed E-state index contributed by atoms with van der Waals surface area (Å²) in [6.07, 6.45) is 2.95. The number of ether oxygens (including phenoxy) is 2. The minimum absolute atomic E-state index is 0.0173. The summed E-state index contributed by atoms with van der Waals surface area (Å²) in [5.74, 6) is -4.20. The third-order valence-electron chi connectivity index (χ3n) is 8.36. The fourth-order valence-corrected chi connectivity index (χ4v) is 5.82. The van der Waals surface area contributed by atoms with Gasteiger partial charge in [-0.2, -0.15) is 0 Å². The highest BCUT2D eigenvalue weighted by Crippen LogP contribution is 2.34. The summed E-state index contributed by atoms with van der Waals surface area (Å²) in [5.41, 5.74) is 0.792. The summed E-state index contributed by atoms with van der Waals surface area (Å²) in [6, 6.07) is 0.984. The van der Waals surface area contributed by atoms with Crippen molar-refractivity contribution in [1.82, 2.24) is 40.2 Å². The van der Waals surface area contributed by atoms with Gasteiger partial charge in [0.1, 0.15) is 36.2 Å². The predicted molar refractivity (Wildman–Crippen MR) is 142 cm³/mol. The lowest BCUT2D eigenvalue weighted by Gasteiger charge is -2.43. The van der Waals surface area contributed by atoms with Crippen molar-refractivity contribution in [3.05, 3.63) is 47.7 Å². The first-order valence-electron chi connectivity index (χ1n) is 14.2. The molecule has 2 saturated heterocycles. The average molecular weight is 607 g/mol. The Morgan fingerprint density at radius 2 is 1.79 bits per heavy atom. The number of rotatable bonds is 8. The molecule has 1 aromatic carbocycles. The quantitative estimate of drug-likeness (QED) is 0.323. The Labute approximate surface area is 244 Å². The Bertz CT molecular complexity index is 1420. The number of hydrogen-bond acceptors (Lipinski definition) is 9. The number of halogens is 3. The van der Waals surface area contributed by atoms with Crippen molar-refractivity contribution in [2.75, 3.05) is 26.8 Å². The van der Waals surface area contributed by atoms with E-state index in [0.29, 0.717) is 19.1 Å². The lowest BCUT2D eigenvalue weighted by atomic mass is 9.92. The number of nitrogens with one attached hydrogen (secondary N) is 1. The molecule has 2 amide bonds. The predicted octanol–water partition coefficient (Wildman–Crippen LogP) is 1.38. The molecule has 1 saturated carbocycles. The van der Waals surface area contributed by atoms with Crippen LogP contribution >= 0.6 is 0 Å². The van der Waals surface area contributed by atoms with Gasteiger partial charge >= 0.3 is 6.03 Å². The number of nitrogens with zero attached hydrogens (tertiary/aromatic N) is 7. The molecule has 3 aromatic rings. The first-order chi connectivity index (χ1) is 20.7. The minimum atomic E-state index is -1.60. The van der Waals surface area contributed by atoms with E-state index in [4.69, 9.17) is 9.47 Å². The van der Waals surface area contributed by atoms with Gasteiger partial charge in [-0.1, -0.05) is 10.4 Å². The van der Waals surface area contributed by atoms with Crippen LogP contribution in [0.4, 0.5) is 18.0 Å². The van der Waals surface area contributed by atoms with Crippen LogP contribution in [-0.4, -0.2) is 108 Å². The second-order valence-electron chi connectivity index (χ2n) is 11.3. The number of aromatic nitrogens is 6. The molecule has 43 heavy (non-hydrogen) atoms. The Hall–Kier alpha value is -3.60. The highest BCUT2D eigenvalue weighted by Gasteiger charge is 2.47. The highest BCUT2D eigenvalue weighted by atomic mass is 19.2. The van der Waals surface area contributed by atoms with Gasteiger partial charge in [0.25, 0.3) is 0 Å². The lowest BCUT2D eigenvalue weighted by Crippen LogP contribution is -2.57. The lowest BCUT2D eigenvalue weighted by molar-refractivity contribution is -0.216. The molecule has 16 heteroatoms. The van der Waals surface area contributed by atoms with Crippen LogP contribution in [0.5, 0.6) is 0 Å². The molecule has 0 bridgehead atoms. The molecule has 0 spiro atoms. The van der Waals surface area contributed by atoms with Crippen LogP contribution < -0.4 is 5.32 Å². The van der Waals surface area contributed by atoms with E-state index < -0.39 is 54.5 Å². The number of carbonyl (C=O) groups excluding carboxylic acids is 1. The molecule has 232 valence electrons. The van der Waals surface area contributed by atoms with Crippen LogP contribution in [0.2, 0.25) is 0 Å². The van der Waals surface area contributed by atoms with Gasteiger partial charge in [-0.25, -0.2) is 27.3 Å². The van der Waals surface area contributed by atoms with E-state index in [1.807, 2.05) is 11.1 Å². The third kappa shape index (κ3) is 6.09. The van der Waals surface area contributed by atoms with E-state index in [9.17, 15) is 28.2 Å². The summed E-state index contributed by atoms with van der Waals surface area (Å²) in [4.78, 5) is 14.2. The van der Waals surface area contributed by atoms with E-state index >= 15 is 0 Å². The zero-order valence-electron chi connectivity index (χ0n) is 23.4. The van der Waals surface area contributed by atoms with Crippen LogP contribution in [0.25, 0.3) is 11.3 Å². The summed E-state index contributed by atoms with van der Waals surface area (Å²) in [7, 11) is 1.43. The largest absolute Gasteiger partial charge is 0.394 e. The number of aliphatic hydroxyl groups excluding tert-OH is 2. The molecule has 1 aliphatic carbocycles. The number of aliphatic hydroxyl groups is 2. The molecule has 13 nitrogen and oxygen atoms in total.